The highest BCUT2D eigenvalue weighted by Gasteiger charge is 2.49. The average Bonchev–Trinajstić information content (AvgIpc) is 3.53. The number of carboxylic acids is 1. The molecule has 0 aromatic heterocycles. The standard InChI is InChI=1S/C26H28N2O6/c1-26(24(30)31)14-33-13-21(26)27-23(29)22(15-10-11-15)28-25(32)34-12-20-18-8-4-2-6-16(18)17-7-3-5-9-19(17)20/h2-9,15,20-22H,10-14H2,1H3,(H,27,29)(H,28,32)(H,30,31). The zero-order valence-electron chi connectivity index (χ0n) is 19.0. The molecule has 2 aromatic carbocycles. The van der Waals surface area contributed by atoms with Gasteiger partial charge in [-0.05, 0) is 47.9 Å². The lowest BCUT2D eigenvalue weighted by Crippen LogP contribution is -2.56. The van der Waals surface area contributed by atoms with Crippen molar-refractivity contribution >= 4 is 18.0 Å². The molecule has 2 aliphatic carbocycles. The number of alkyl carbamates (subject to hydrolysis) is 1. The Bertz CT molecular complexity index is 1080. The summed E-state index contributed by atoms with van der Waals surface area (Å²) in [4.78, 5) is 37.4. The summed E-state index contributed by atoms with van der Waals surface area (Å²) in [5, 5.41) is 15.1. The van der Waals surface area contributed by atoms with Gasteiger partial charge >= 0.3 is 12.1 Å². The second-order valence-corrected chi connectivity index (χ2v) is 9.58. The van der Waals surface area contributed by atoms with Gasteiger partial charge in [-0.1, -0.05) is 48.5 Å². The van der Waals surface area contributed by atoms with Crippen molar-refractivity contribution in [2.45, 2.75) is 37.8 Å². The van der Waals surface area contributed by atoms with Crippen LogP contribution in [-0.2, 0) is 19.1 Å². The Labute approximate surface area is 197 Å². The molecular weight excluding hydrogens is 436 g/mol. The van der Waals surface area contributed by atoms with E-state index in [4.69, 9.17) is 9.47 Å². The van der Waals surface area contributed by atoms with Gasteiger partial charge in [0.1, 0.15) is 18.1 Å². The maximum absolute atomic E-state index is 13.0. The summed E-state index contributed by atoms with van der Waals surface area (Å²) in [7, 11) is 0. The Morgan fingerprint density at radius 1 is 1.09 bits per heavy atom. The van der Waals surface area contributed by atoms with E-state index in [1.165, 1.54) is 0 Å². The van der Waals surface area contributed by atoms with Gasteiger partial charge in [-0.25, -0.2) is 4.79 Å². The Hall–Kier alpha value is -3.39. The number of amides is 2. The maximum atomic E-state index is 13.0. The molecule has 2 aromatic rings. The molecule has 3 N–H and O–H groups in total. The van der Waals surface area contributed by atoms with Crippen molar-refractivity contribution in [3.8, 4) is 11.1 Å². The Balaban J connectivity index is 1.23. The SMILES string of the molecule is CC1(C(=O)O)COCC1NC(=O)C(NC(=O)OCC1c2ccccc2-c2ccccc21)C1CC1. The predicted molar refractivity (Wildman–Crippen MR) is 123 cm³/mol. The van der Waals surface area contributed by atoms with E-state index in [9.17, 15) is 19.5 Å². The molecule has 1 saturated carbocycles. The van der Waals surface area contributed by atoms with Crippen LogP contribution in [0.3, 0.4) is 0 Å². The topological polar surface area (TPSA) is 114 Å². The van der Waals surface area contributed by atoms with E-state index in [2.05, 4.69) is 22.8 Å². The van der Waals surface area contributed by atoms with Crippen molar-refractivity contribution in [3.05, 3.63) is 59.7 Å². The van der Waals surface area contributed by atoms with E-state index >= 15 is 0 Å². The van der Waals surface area contributed by atoms with Crippen LogP contribution in [0.25, 0.3) is 11.1 Å². The van der Waals surface area contributed by atoms with Crippen LogP contribution in [0, 0.1) is 11.3 Å². The van der Waals surface area contributed by atoms with Gasteiger partial charge < -0.3 is 25.2 Å². The Kier molecular flexibility index (Phi) is 5.77. The van der Waals surface area contributed by atoms with Gasteiger partial charge in [-0.15, -0.1) is 0 Å². The van der Waals surface area contributed by atoms with Crippen LogP contribution >= 0.6 is 0 Å². The molecular formula is C26H28N2O6. The molecule has 0 bridgehead atoms. The Morgan fingerprint density at radius 2 is 1.71 bits per heavy atom. The summed E-state index contributed by atoms with van der Waals surface area (Å²) in [6.45, 7) is 1.86. The number of hydrogen-bond donors (Lipinski definition) is 3. The first-order chi connectivity index (χ1) is 16.4. The molecule has 178 valence electrons. The van der Waals surface area contributed by atoms with Crippen LogP contribution in [-0.4, -0.2) is 55.0 Å². The van der Waals surface area contributed by atoms with Crippen molar-refractivity contribution in [2.75, 3.05) is 19.8 Å². The van der Waals surface area contributed by atoms with Gasteiger partial charge in [0, 0.05) is 5.92 Å². The largest absolute Gasteiger partial charge is 0.481 e. The molecule has 3 unspecified atom stereocenters. The third-order valence-corrected chi connectivity index (χ3v) is 7.25. The molecule has 34 heavy (non-hydrogen) atoms. The molecule has 1 saturated heterocycles. The first-order valence-corrected chi connectivity index (χ1v) is 11.6. The van der Waals surface area contributed by atoms with Crippen molar-refractivity contribution in [1.82, 2.24) is 10.6 Å². The minimum Gasteiger partial charge on any atom is -0.481 e. The third kappa shape index (κ3) is 4.03. The van der Waals surface area contributed by atoms with Crippen LogP contribution in [0.5, 0.6) is 0 Å². The normalized spacial score (nSPS) is 24.1. The molecule has 3 atom stereocenters. The summed E-state index contributed by atoms with van der Waals surface area (Å²) in [6.07, 6.45) is 0.982. The molecule has 8 heteroatoms. The fraction of sp³-hybridized carbons (Fsp3) is 0.423. The van der Waals surface area contributed by atoms with Gasteiger partial charge in [-0.2, -0.15) is 0 Å². The number of nitrogens with one attached hydrogen (secondary N) is 2. The minimum atomic E-state index is -1.20. The molecule has 0 spiro atoms. The van der Waals surface area contributed by atoms with E-state index in [0.717, 1.165) is 35.1 Å². The number of benzene rings is 2. The number of hydrogen-bond acceptors (Lipinski definition) is 5. The fourth-order valence-electron chi connectivity index (χ4n) is 4.94. The number of rotatable bonds is 7. The summed E-state index contributed by atoms with van der Waals surface area (Å²) in [6, 6.07) is 14.7. The van der Waals surface area contributed by atoms with Gasteiger partial charge in [0.25, 0.3) is 0 Å². The number of ether oxygens (including phenoxy) is 2. The molecule has 1 aliphatic heterocycles. The van der Waals surface area contributed by atoms with E-state index in [1.807, 2.05) is 36.4 Å². The number of carbonyl (C=O) groups excluding carboxylic acids is 2. The molecule has 0 radical (unpaired) electrons. The number of fused-ring (bicyclic) bond motifs is 3. The molecule has 5 rings (SSSR count). The zero-order chi connectivity index (χ0) is 23.9. The van der Waals surface area contributed by atoms with Crippen LogP contribution < -0.4 is 10.6 Å². The average molecular weight is 465 g/mol. The minimum absolute atomic E-state index is 0.0129. The summed E-state index contributed by atoms with van der Waals surface area (Å²) in [5.41, 5.74) is 3.31. The molecule has 3 aliphatic rings. The number of carbonyl (C=O) groups is 3. The van der Waals surface area contributed by atoms with Crippen molar-refractivity contribution in [2.24, 2.45) is 11.3 Å². The van der Waals surface area contributed by atoms with Crippen LogP contribution in [0.15, 0.2) is 48.5 Å². The van der Waals surface area contributed by atoms with E-state index in [-0.39, 0.29) is 31.7 Å². The van der Waals surface area contributed by atoms with Crippen molar-refractivity contribution in [1.29, 1.82) is 0 Å². The number of aliphatic carboxylic acids is 1. The highest BCUT2D eigenvalue weighted by molar-refractivity contribution is 5.87. The smallest absolute Gasteiger partial charge is 0.407 e. The van der Waals surface area contributed by atoms with Gasteiger partial charge in [0.05, 0.1) is 19.3 Å². The second-order valence-electron chi connectivity index (χ2n) is 9.58. The first kappa shape index (κ1) is 22.4. The van der Waals surface area contributed by atoms with Crippen molar-refractivity contribution in [3.63, 3.8) is 0 Å². The summed E-state index contributed by atoms with van der Waals surface area (Å²) >= 11 is 0. The summed E-state index contributed by atoms with van der Waals surface area (Å²) in [5.74, 6) is -1.49. The molecule has 8 nitrogen and oxygen atoms in total. The molecule has 2 amide bonds. The summed E-state index contributed by atoms with van der Waals surface area (Å²) < 4.78 is 10.9. The lowest BCUT2D eigenvalue weighted by molar-refractivity contribution is -0.149. The van der Waals surface area contributed by atoms with E-state index in [1.54, 1.807) is 6.92 Å². The van der Waals surface area contributed by atoms with Crippen molar-refractivity contribution < 1.29 is 29.0 Å². The highest BCUT2D eigenvalue weighted by Crippen LogP contribution is 2.44. The monoisotopic (exact) mass is 464 g/mol. The second kappa shape index (κ2) is 8.76. The lowest BCUT2D eigenvalue weighted by atomic mass is 9.85. The highest BCUT2D eigenvalue weighted by atomic mass is 16.5. The predicted octanol–water partition coefficient (Wildman–Crippen LogP) is 2.91. The third-order valence-electron chi connectivity index (χ3n) is 7.25. The maximum Gasteiger partial charge on any atom is 0.407 e. The fourth-order valence-corrected chi connectivity index (χ4v) is 4.94. The van der Waals surface area contributed by atoms with Gasteiger partial charge in [-0.3, -0.25) is 9.59 Å². The lowest BCUT2D eigenvalue weighted by Gasteiger charge is -2.27. The Morgan fingerprint density at radius 3 is 2.29 bits per heavy atom. The van der Waals surface area contributed by atoms with Gasteiger partial charge in [0.2, 0.25) is 5.91 Å². The van der Waals surface area contributed by atoms with E-state index < -0.39 is 35.5 Å². The van der Waals surface area contributed by atoms with Gasteiger partial charge in [0.15, 0.2) is 0 Å². The van der Waals surface area contributed by atoms with Crippen LogP contribution in [0.2, 0.25) is 0 Å². The zero-order valence-corrected chi connectivity index (χ0v) is 19.0. The molecule has 2 fully saturated rings. The van der Waals surface area contributed by atoms with Crippen LogP contribution in [0.1, 0.15) is 36.8 Å². The first-order valence-electron chi connectivity index (χ1n) is 11.6. The van der Waals surface area contributed by atoms with E-state index in [0.29, 0.717) is 0 Å². The molecule has 1 heterocycles. The number of carboxylic acid groups (broad SMARTS) is 1. The van der Waals surface area contributed by atoms with Crippen LogP contribution in [0.4, 0.5) is 4.79 Å². The quantitative estimate of drug-likeness (QED) is 0.581.